The Balaban J connectivity index is 6.16. The van der Waals surface area contributed by atoms with Gasteiger partial charge < -0.3 is 69.7 Å². The zero-order chi connectivity index (χ0) is 58.2. The first-order valence-corrected chi connectivity index (χ1v) is 28.0. The van der Waals surface area contributed by atoms with Crippen molar-refractivity contribution in [3.63, 3.8) is 0 Å². The van der Waals surface area contributed by atoms with E-state index in [0.29, 0.717) is 51.7 Å². The monoisotopic (exact) mass is 1080 g/mol. The van der Waals surface area contributed by atoms with Crippen molar-refractivity contribution in [2.45, 2.75) is 233 Å². The molecule has 0 heterocycles. The maximum absolute atomic E-state index is 14.2. The number of hydrogen-bond donors (Lipinski definition) is 13. The van der Waals surface area contributed by atoms with Crippen LogP contribution in [0.15, 0.2) is 0 Å². The van der Waals surface area contributed by atoms with Crippen LogP contribution in [0.2, 0.25) is 0 Å². The smallest absolute Gasteiger partial charge is 0.245 e. The van der Waals surface area contributed by atoms with Crippen LogP contribution in [0.1, 0.15) is 186 Å². The standard InChI is InChI=1S/C54H104N12O10/c1-14-16-17-18-19-24-29-59-52(8,9)49(74)57-32-43(68)60-40(30-35(3)4)47(72)66-54(12,13)51(76)64-39(26-21-23-28-56)46(71)62-38(25-20-22-27-55)45(70)63-41(31-36(5)6)48(73)65-53(10,11)50(75)58-33-44(69)61-42(34-67)37(7)15-2/h35-42,59,67H,14-34,55-56H2,1-13H3,(H,57,74)(H,58,75)(H,60,68)(H,61,69)(H,62,71)(H,63,70)(H,64,76)(H,65,73)(H,66,72)/t37?,38-,39-,40-,41-,42+/m0/s1. The zero-order valence-electron chi connectivity index (χ0n) is 48.7. The Kier molecular flexibility index (Phi) is 34.6. The molecule has 440 valence electrons. The van der Waals surface area contributed by atoms with E-state index in [1.165, 1.54) is 47.0 Å². The Morgan fingerprint density at radius 1 is 0.474 bits per heavy atom. The lowest BCUT2D eigenvalue weighted by Crippen LogP contribution is -2.63. The van der Waals surface area contributed by atoms with Crippen molar-refractivity contribution in [1.82, 2.24) is 53.2 Å². The third kappa shape index (κ3) is 29.0. The van der Waals surface area contributed by atoms with Gasteiger partial charge in [-0.3, -0.25) is 43.2 Å². The minimum absolute atomic E-state index is 0.00265. The van der Waals surface area contributed by atoms with E-state index in [1.807, 2.05) is 41.5 Å². The molecular weight excluding hydrogens is 977 g/mol. The molecule has 22 heteroatoms. The lowest BCUT2D eigenvalue weighted by molar-refractivity contribution is -0.138. The lowest BCUT2D eigenvalue weighted by atomic mass is 9.98. The second kappa shape index (κ2) is 37.0. The normalized spacial score (nSPS) is 14.3. The van der Waals surface area contributed by atoms with Crippen molar-refractivity contribution in [2.75, 3.05) is 39.3 Å². The highest BCUT2D eigenvalue weighted by Crippen LogP contribution is 2.15. The maximum Gasteiger partial charge on any atom is 0.245 e. The van der Waals surface area contributed by atoms with Gasteiger partial charge in [0.15, 0.2) is 0 Å². The van der Waals surface area contributed by atoms with Gasteiger partial charge >= 0.3 is 0 Å². The number of nitrogens with two attached hydrogens (primary N) is 2. The highest BCUT2D eigenvalue weighted by Gasteiger charge is 2.38. The molecule has 0 aromatic carbocycles. The number of unbranched alkanes of at least 4 members (excludes halogenated alkanes) is 7. The molecule has 22 nitrogen and oxygen atoms in total. The molecule has 0 aliphatic carbocycles. The molecule has 0 rings (SSSR count). The minimum atomic E-state index is -1.62. The third-order valence-electron chi connectivity index (χ3n) is 13.2. The number of nitrogens with one attached hydrogen (secondary N) is 10. The molecule has 6 atom stereocenters. The summed E-state index contributed by atoms with van der Waals surface area (Å²) < 4.78 is 0. The van der Waals surface area contributed by atoms with Gasteiger partial charge in [-0.05, 0) is 137 Å². The Labute approximate surface area is 455 Å². The van der Waals surface area contributed by atoms with E-state index in [0.717, 1.165) is 19.3 Å². The van der Waals surface area contributed by atoms with Crippen LogP contribution in [0.5, 0.6) is 0 Å². The molecule has 15 N–H and O–H groups in total. The van der Waals surface area contributed by atoms with Crippen LogP contribution in [0, 0.1) is 17.8 Å². The van der Waals surface area contributed by atoms with Crippen molar-refractivity contribution in [1.29, 1.82) is 0 Å². The van der Waals surface area contributed by atoms with E-state index in [2.05, 4.69) is 60.1 Å². The van der Waals surface area contributed by atoms with Gasteiger partial charge in [-0.15, -0.1) is 0 Å². The fourth-order valence-corrected chi connectivity index (χ4v) is 8.02. The second-order valence-corrected chi connectivity index (χ2v) is 22.8. The summed E-state index contributed by atoms with van der Waals surface area (Å²) in [4.78, 5) is 122. The first-order chi connectivity index (χ1) is 35.5. The molecule has 0 fully saturated rings. The summed E-state index contributed by atoms with van der Waals surface area (Å²) in [5, 5.41) is 37.2. The van der Waals surface area contributed by atoms with Gasteiger partial charge in [0.1, 0.15) is 35.2 Å². The minimum Gasteiger partial charge on any atom is -0.394 e. The van der Waals surface area contributed by atoms with Gasteiger partial charge in [-0.25, -0.2) is 0 Å². The first kappa shape index (κ1) is 71.1. The van der Waals surface area contributed by atoms with Gasteiger partial charge in [0.25, 0.3) is 0 Å². The molecule has 1 unspecified atom stereocenters. The van der Waals surface area contributed by atoms with E-state index in [9.17, 15) is 48.3 Å². The number of carbonyl (C=O) groups is 9. The molecule has 0 radical (unpaired) electrons. The molecule has 0 saturated carbocycles. The topological polar surface area (TPSA) is 346 Å². The van der Waals surface area contributed by atoms with Crippen LogP contribution in [-0.4, -0.2) is 144 Å². The molecule has 9 amide bonds. The molecule has 0 spiro atoms. The van der Waals surface area contributed by atoms with Crippen LogP contribution >= 0.6 is 0 Å². The second-order valence-electron chi connectivity index (χ2n) is 22.8. The van der Waals surface area contributed by atoms with E-state index in [-0.39, 0.29) is 62.5 Å². The van der Waals surface area contributed by atoms with Crippen LogP contribution < -0.4 is 64.6 Å². The number of amides is 9. The van der Waals surface area contributed by atoms with E-state index in [4.69, 9.17) is 11.5 Å². The highest BCUT2D eigenvalue weighted by atomic mass is 16.3. The molecule has 76 heavy (non-hydrogen) atoms. The van der Waals surface area contributed by atoms with Gasteiger partial charge in [-0.1, -0.05) is 87.0 Å². The van der Waals surface area contributed by atoms with Crippen molar-refractivity contribution in [3.8, 4) is 0 Å². The summed E-state index contributed by atoms with van der Waals surface area (Å²) in [5.41, 5.74) is 7.47. The summed E-state index contributed by atoms with van der Waals surface area (Å²) in [6.07, 6.45) is 9.87. The predicted octanol–water partition coefficient (Wildman–Crippen LogP) is 1.55. The van der Waals surface area contributed by atoms with Gasteiger partial charge in [0, 0.05) is 0 Å². The molecule has 0 aromatic heterocycles. The third-order valence-corrected chi connectivity index (χ3v) is 13.2. The summed E-state index contributed by atoms with van der Waals surface area (Å²) in [6.45, 7) is 22.9. The first-order valence-electron chi connectivity index (χ1n) is 28.0. The van der Waals surface area contributed by atoms with Crippen LogP contribution in [0.25, 0.3) is 0 Å². The summed E-state index contributed by atoms with van der Waals surface area (Å²) >= 11 is 0. The number of carbonyl (C=O) groups excluding carboxylic acids is 9. The average Bonchev–Trinajstić information content (AvgIpc) is 3.34. The molecule has 0 aliphatic rings. The molecule has 0 bridgehead atoms. The molecule has 0 saturated heterocycles. The van der Waals surface area contributed by atoms with E-state index < -0.39 is 101 Å². The average molecular weight is 1080 g/mol. The highest BCUT2D eigenvalue weighted by molar-refractivity contribution is 5.99. The van der Waals surface area contributed by atoms with E-state index in [1.54, 1.807) is 13.8 Å². The van der Waals surface area contributed by atoms with Crippen LogP contribution in [0.3, 0.4) is 0 Å². The number of aliphatic hydroxyl groups excluding tert-OH is 1. The maximum atomic E-state index is 14.2. The number of aliphatic hydroxyl groups is 1. The Hall–Kier alpha value is -4.93. The molecule has 0 aromatic rings. The lowest BCUT2D eigenvalue weighted by Gasteiger charge is -2.31. The van der Waals surface area contributed by atoms with Gasteiger partial charge in [0.2, 0.25) is 53.2 Å². The van der Waals surface area contributed by atoms with Crippen molar-refractivity contribution < 1.29 is 48.3 Å². The van der Waals surface area contributed by atoms with Crippen LogP contribution in [-0.2, 0) is 43.2 Å². The fourth-order valence-electron chi connectivity index (χ4n) is 8.02. The largest absolute Gasteiger partial charge is 0.394 e. The quantitative estimate of drug-likeness (QED) is 0.0387. The van der Waals surface area contributed by atoms with Crippen LogP contribution in [0.4, 0.5) is 0 Å². The summed E-state index contributed by atoms with van der Waals surface area (Å²) in [6, 6.07) is -5.10. The Morgan fingerprint density at radius 3 is 1.36 bits per heavy atom. The summed E-state index contributed by atoms with van der Waals surface area (Å²) in [7, 11) is 0. The van der Waals surface area contributed by atoms with Gasteiger partial charge in [-0.2, -0.15) is 0 Å². The van der Waals surface area contributed by atoms with Gasteiger partial charge in [0.05, 0.1) is 31.3 Å². The Bertz CT molecular complexity index is 1810. The Morgan fingerprint density at radius 2 is 0.895 bits per heavy atom. The SMILES string of the molecule is CCCCCCCCNC(C)(C)C(=O)NCC(=O)N[C@@H](CC(C)C)C(=O)NC(C)(C)C(=O)N[C@@H](CCCCN)C(=O)N[C@@H](CCCCN)C(=O)N[C@@H](CC(C)C)C(=O)NC(C)(C)C(=O)NCC(=O)N[C@H](CO)C(C)CC. The fraction of sp³-hybridized carbons (Fsp3) is 0.833. The predicted molar refractivity (Wildman–Crippen MR) is 297 cm³/mol. The van der Waals surface area contributed by atoms with Crippen molar-refractivity contribution in [3.05, 3.63) is 0 Å². The molecule has 0 aliphatic heterocycles. The summed E-state index contributed by atoms with van der Waals surface area (Å²) in [5.74, 6) is -5.77. The van der Waals surface area contributed by atoms with Crippen molar-refractivity contribution >= 4 is 53.2 Å². The molecular formula is C54H104N12O10. The zero-order valence-corrected chi connectivity index (χ0v) is 48.7. The van der Waals surface area contributed by atoms with Crippen molar-refractivity contribution in [2.24, 2.45) is 29.2 Å². The van der Waals surface area contributed by atoms with E-state index >= 15 is 0 Å². The number of hydrogen-bond acceptors (Lipinski definition) is 13. The number of rotatable bonds is 41.